The maximum Gasteiger partial charge on any atom is 0.466 e. The molecule has 0 atom stereocenters. The fourth-order valence-electron chi connectivity index (χ4n) is 2.05. The number of ketones is 1. The third-order valence-electron chi connectivity index (χ3n) is 3.20. The molecule has 2 rings (SSSR count). The van der Waals surface area contributed by atoms with Crippen LogP contribution < -0.4 is 4.31 Å². The maximum absolute atomic E-state index is 12.7. The summed E-state index contributed by atoms with van der Waals surface area (Å²) in [6.45, 7) is 0.818. The van der Waals surface area contributed by atoms with E-state index in [1.807, 2.05) is 18.2 Å². The highest BCUT2D eigenvalue weighted by Gasteiger charge is 2.38. The van der Waals surface area contributed by atoms with Gasteiger partial charge >= 0.3 is 15.1 Å². The Labute approximate surface area is 146 Å². The first-order valence-corrected chi connectivity index (χ1v) is 8.75. The lowest BCUT2D eigenvalue weighted by atomic mass is 10.2. The number of Topliss-reactive ketones (excluding diaryl/α,β-unsaturated/α-hetero) is 1. The van der Waals surface area contributed by atoms with Gasteiger partial charge in [-0.05, 0) is 24.3 Å². The van der Waals surface area contributed by atoms with Crippen LogP contribution in [0.2, 0.25) is 0 Å². The van der Waals surface area contributed by atoms with Crippen LogP contribution >= 0.6 is 0 Å². The lowest BCUT2D eigenvalue weighted by Crippen LogP contribution is -2.40. The van der Waals surface area contributed by atoms with Gasteiger partial charge in [0.2, 0.25) is 0 Å². The minimum atomic E-state index is -4.34. The van der Waals surface area contributed by atoms with Crippen molar-refractivity contribution in [3.63, 3.8) is 0 Å². The highest BCUT2D eigenvalue weighted by molar-refractivity contribution is 8.09. The summed E-state index contributed by atoms with van der Waals surface area (Å²) in [5, 5.41) is -0.933. The van der Waals surface area contributed by atoms with Gasteiger partial charge in [-0.25, -0.2) is 4.31 Å². The van der Waals surface area contributed by atoms with Crippen molar-refractivity contribution in [2.45, 2.75) is 6.92 Å². The number of hydrogen-bond donors (Lipinski definition) is 0. The summed E-state index contributed by atoms with van der Waals surface area (Å²) in [4.78, 5) is 14.2. The highest BCUT2D eigenvalue weighted by Crippen LogP contribution is 2.18. The second kappa shape index (κ2) is 8.06. The Balaban J connectivity index is 2.44. The normalized spacial score (nSPS) is 10.1. The van der Waals surface area contributed by atoms with Gasteiger partial charge in [-0.2, -0.15) is 8.42 Å². The number of nitrogens with zero attached hydrogens (tertiary/aromatic N) is 3. The molecule has 7 heteroatoms. The monoisotopic (exact) mass is 353 g/mol. The van der Waals surface area contributed by atoms with E-state index >= 15 is 0 Å². The quantitative estimate of drug-likeness (QED) is 0.277. The van der Waals surface area contributed by atoms with E-state index in [1.165, 1.54) is 0 Å². The molecule has 0 spiro atoms. The molecule has 0 fully saturated rings. The first-order chi connectivity index (χ1) is 12.0. The van der Waals surface area contributed by atoms with Gasteiger partial charge in [-0.15, -0.1) is 4.79 Å². The van der Waals surface area contributed by atoms with Gasteiger partial charge in [0.15, 0.2) is 0 Å². The maximum atomic E-state index is 12.7. The Morgan fingerprint density at radius 2 is 1.64 bits per heavy atom. The molecule has 0 radical (unpaired) electrons. The predicted molar refractivity (Wildman–Crippen MR) is 95.3 cm³/mol. The van der Waals surface area contributed by atoms with E-state index in [9.17, 15) is 13.2 Å². The zero-order valence-corrected chi connectivity index (χ0v) is 14.3. The molecule has 0 amide bonds. The summed E-state index contributed by atoms with van der Waals surface area (Å²) >= 11 is 0. The van der Waals surface area contributed by atoms with Crippen LogP contribution in [0.5, 0.6) is 0 Å². The Morgan fingerprint density at radius 3 is 2.16 bits per heavy atom. The lowest BCUT2D eigenvalue weighted by molar-refractivity contribution is -0.114. The van der Waals surface area contributed by atoms with Gasteiger partial charge in [0.25, 0.3) is 5.78 Å². The third-order valence-corrected chi connectivity index (χ3v) is 4.98. The molecule has 25 heavy (non-hydrogen) atoms. The fourth-order valence-corrected chi connectivity index (χ4v) is 3.36. The third kappa shape index (κ3) is 4.42. The van der Waals surface area contributed by atoms with Crippen molar-refractivity contribution >= 4 is 26.5 Å². The predicted octanol–water partition coefficient (Wildman–Crippen LogP) is 2.09. The number of carbonyl (C=O) groups is 1. The molecule has 126 valence electrons. The minimum absolute atomic E-state index is 0.201. The zero-order chi connectivity index (χ0) is 18.3. The largest absolute Gasteiger partial charge is 0.466 e. The Morgan fingerprint density at radius 1 is 1.08 bits per heavy atom. The van der Waals surface area contributed by atoms with E-state index in [4.69, 9.17) is 5.53 Å². The van der Waals surface area contributed by atoms with Crippen LogP contribution in [0, 0.1) is 11.8 Å². The summed E-state index contributed by atoms with van der Waals surface area (Å²) in [6, 6.07) is 17.3. The highest BCUT2D eigenvalue weighted by atomic mass is 32.2. The van der Waals surface area contributed by atoms with Crippen LogP contribution in [0.1, 0.15) is 12.5 Å². The molecule has 0 heterocycles. The smallest absolute Gasteiger partial charge is 0.360 e. The van der Waals surface area contributed by atoms with E-state index in [0.717, 1.165) is 16.8 Å². The second-order valence-electron chi connectivity index (χ2n) is 4.98. The standard InChI is InChI=1S/C18H15N3O3S/c1-15(22)18(20-19)25(23,24)21(17-12-6-3-7-13-17)14-8-11-16-9-4-2-5-10-16/h2-7,9-10,12-13H,14H2,1H3. The number of hydrogen-bond acceptors (Lipinski definition) is 3. The summed E-state index contributed by atoms with van der Waals surface area (Å²) in [5.74, 6) is 4.77. The van der Waals surface area contributed by atoms with Crippen LogP contribution in [0.3, 0.4) is 0 Å². The molecular formula is C18H15N3O3S. The molecule has 0 N–H and O–H groups in total. The van der Waals surface area contributed by atoms with Crippen LogP contribution in [0.15, 0.2) is 60.7 Å². The minimum Gasteiger partial charge on any atom is -0.360 e. The Bertz CT molecular complexity index is 968. The van der Waals surface area contributed by atoms with Gasteiger partial charge in [0.1, 0.15) is 0 Å². The number of benzene rings is 2. The van der Waals surface area contributed by atoms with Gasteiger partial charge in [0, 0.05) is 12.5 Å². The average molecular weight is 353 g/mol. The molecule has 6 nitrogen and oxygen atoms in total. The van der Waals surface area contributed by atoms with Gasteiger partial charge in [0.05, 0.1) is 12.2 Å². The number of anilines is 1. The molecule has 0 bridgehead atoms. The molecule has 0 saturated heterocycles. The Kier molecular flexibility index (Phi) is 5.85. The Hall–Kier alpha value is -3.20. The van der Waals surface area contributed by atoms with Crippen LogP contribution in [0.25, 0.3) is 5.53 Å². The molecule has 0 saturated carbocycles. The number of sulfonamides is 1. The molecule has 2 aromatic rings. The summed E-state index contributed by atoms with van der Waals surface area (Å²) in [7, 11) is -4.34. The van der Waals surface area contributed by atoms with Gasteiger partial charge < -0.3 is 5.53 Å². The molecule has 0 aliphatic heterocycles. The van der Waals surface area contributed by atoms with Crippen molar-refractivity contribution in [2.24, 2.45) is 0 Å². The van der Waals surface area contributed by atoms with E-state index in [0.29, 0.717) is 5.69 Å². The number of carbonyl (C=O) groups excluding carboxylic acids is 1. The lowest BCUT2D eigenvalue weighted by Gasteiger charge is -2.18. The number of rotatable bonds is 4. The first kappa shape index (κ1) is 18.1. The fraction of sp³-hybridized carbons (Fsp3) is 0.111. The van der Waals surface area contributed by atoms with E-state index < -0.39 is 20.9 Å². The van der Waals surface area contributed by atoms with Gasteiger partial charge in [-0.3, -0.25) is 4.79 Å². The second-order valence-corrected chi connectivity index (χ2v) is 6.75. The summed E-state index contributed by atoms with van der Waals surface area (Å²) < 4.78 is 26.3. The van der Waals surface area contributed by atoms with Crippen molar-refractivity contribution < 1.29 is 18.0 Å². The molecule has 0 aliphatic rings. The van der Waals surface area contributed by atoms with Crippen LogP contribution in [-0.2, 0) is 14.8 Å². The SMILES string of the molecule is CC(=O)C(=[N+]=[N-])S(=O)(=O)N(CC#Cc1ccccc1)c1ccccc1. The van der Waals surface area contributed by atoms with Crippen molar-refractivity contribution in [3.8, 4) is 11.8 Å². The number of para-hydroxylation sites is 1. The van der Waals surface area contributed by atoms with Crippen molar-refractivity contribution in [1.29, 1.82) is 0 Å². The average Bonchev–Trinajstić information content (AvgIpc) is 2.60. The van der Waals surface area contributed by atoms with Crippen molar-refractivity contribution in [1.82, 2.24) is 0 Å². The van der Waals surface area contributed by atoms with Gasteiger partial charge in [-0.1, -0.05) is 48.2 Å². The first-order valence-electron chi connectivity index (χ1n) is 7.31. The topological polar surface area (TPSA) is 90.8 Å². The van der Waals surface area contributed by atoms with Crippen molar-refractivity contribution in [3.05, 3.63) is 71.8 Å². The molecule has 0 aromatic heterocycles. The summed E-state index contributed by atoms with van der Waals surface area (Å²) in [5.41, 5.74) is 10.0. The zero-order valence-electron chi connectivity index (χ0n) is 13.5. The van der Waals surface area contributed by atoms with E-state index in [1.54, 1.807) is 42.5 Å². The van der Waals surface area contributed by atoms with Crippen LogP contribution in [0.4, 0.5) is 5.69 Å². The molecule has 2 aromatic carbocycles. The van der Waals surface area contributed by atoms with E-state index in [2.05, 4.69) is 16.6 Å². The molecular weight excluding hydrogens is 338 g/mol. The molecule has 0 aliphatic carbocycles. The molecule has 0 unspecified atom stereocenters. The van der Waals surface area contributed by atoms with Crippen LogP contribution in [-0.4, -0.2) is 30.6 Å². The van der Waals surface area contributed by atoms with E-state index in [-0.39, 0.29) is 6.54 Å². The van der Waals surface area contributed by atoms with Crippen molar-refractivity contribution in [2.75, 3.05) is 10.8 Å². The summed E-state index contributed by atoms with van der Waals surface area (Å²) in [6.07, 6.45) is 0.